The van der Waals surface area contributed by atoms with Crippen LogP contribution in [0.5, 0.6) is 0 Å². The zero-order valence-corrected chi connectivity index (χ0v) is 16.0. The molecule has 1 amide bonds. The Morgan fingerprint density at radius 1 is 1.04 bits per heavy atom. The second-order valence-electron chi connectivity index (χ2n) is 6.58. The van der Waals surface area contributed by atoms with E-state index >= 15 is 0 Å². The predicted molar refractivity (Wildman–Crippen MR) is 103 cm³/mol. The molecule has 0 radical (unpaired) electrons. The van der Waals surface area contributed by atoms with E-state index in [2.05, 4.69) is 0 Å². The molecule has 1 aliphatic heterocycles. The molecule has 0 aliphatic carbocycles. The molecule has 0 bridgehead atoms. The molecule has 3 rings (SSSR count). The van der Waals surface area contributed by atoms with E-state index in [4.69, 9.17) is 5.21 Å². The Hall–Kier alpha value is -2.49. The first-order valence-electron chi connectivity index (χ1n) is 8.88. The smallest absolute Gasteiger partial charge is 0.251 e. The number of benzene rings is 2. The number of hydrogen-bond donors (Lipinski definition) is 2. The molecule has 1 saturated heterocycles. The molecule has 150 valence electrons. The molecule has 0 aromatic heterocycles. The summed E-state index contributed by atoms with van der Waals surface area (Å²) in [6, 6.07) is 14.6. The van der Waals surface area contributed by atoms with Crippen molar-refractivity contribution in [2.45, 2.75) is 5.92 Å². The largest absolute Gasteiger partial charge is 0.369 e. The Bertz CT molecular complexity index is 899. The Kier molecular flexibility index (Phi) is 6.28. The highest BCUT2D eigenvalue weighted by Crippen LogP contribution is 2.22. The highest BCUT2D eigenvalue weighted by molar-refractivity contribution is 7.89. The monoisotopic (exact) mass is 407 g/mol. The Morgan fingerprint density at radius 2 is 1.64 bits per heavy atom. The first-order valence-corrected chi connectivity index (χ1v) is 10.5. The average molecular weight is 407 g/mol. The number of piperazine rings is 1. The van der Waals surface area contributed by atoms with Crippen LogP contribution in [0.4, 0.5) is 10.1 Å². The number of nitrogens with zero attached hydrogens (tertiary/aromatic N) is 2. The van der Waals surface area contributed by atoms with Crippen LogP contribution in [0, 0.1) is 5.82 Å². The van der Waals surface area contributed by atoms with Crippen molar-refractivity contribution in [3.8, 4) is 0 Å². The molecule has 1 aliphatic rings. The van der Waals surface area contributed by atoms with Crippen molar-refractivity contribution in [1.29, 1.82) is 0 Å². The number of anilines is 1. The zero-order valence-electron chi connectivity index (χ0n) is 15.2. The summed E-state index contributed by atoms with van der Waals surface area (Å²) in [5, 5.41) is 9.01. The first kappa shape index (κ1) is 20.2. The number of halogens is 1. The Balaban J connectivity index is 1.69. The third-order valence-corrected chi connectivity index (χ3v) is 6.74. The lowest BCUT2D eigenvalue weighted by molar-refractivity contribution is -0.130. The molecular formula is C19H22FN3O4S. The van der Waals surface area contributed by atoms with Gasteiger partial charge in [-0.15, -0.1) is 0 Å². The van der Waals surface area contributed by atoms with E-state index in [9.17, 15) is 17.6 Å². The number of amides is 1. The molecule has 1 fully saturated rings. The minimum atomic E-state index is -3.72. The van der Waals surface area contributed by atoms with Gasteiger partial charge >= 0.3 is 0 Å². The molecule has 0 spiro atoms. The van der Waals surface area contributed by atoms with E-state index in [-0.39, 0.29) is 18.9 Å². The minimum Gasteiger partial charge on any atom is -0.369 e. The van der Waals surface area contributed by atoms with Crippen LogP contribution in [-0.2, 0) is 14.8 Å². The standard InChI is InChI=1S/C19H22FN3O4S/c20-16-6-8-17(9-7-16)22-10-12-23(13-11-22)28(26,27)14-18(19(24)21-25)15-4-2-1-3-5-15/h1-9,18,25H,10-14H2,(H,21,24). The van der Waals surface area contributed by atoms with Gasteiger partial charge in [0, 0.05) is 31.9 Å². The molecule has 1 atom stereocenters. The van der Waals surface area contributed by atoms with Gasteiger partial charge in [-0.05, 0) is 29.8 Å². The van der Waals surface area contributed by atoms with Crippen LogP contribution in [0.2, 0.25) is 0 Å². The number of rotatable bonds is 6. The first-order chi connectivity index (χ1) is 13.4. The van der Waals surface area contributed by atoms with E-state index in [1.54, 1.807) is 47.9 Å². The highest BCUT2D eigenvalue weighted by atomic mass is 32.2. The van der Waals surface area contributed by atoms with Crippen molar-refractivity contribution in [3.05, 3.63) is 66.0 Å². The van der Waals surface area contributed by atoms with Crippen molar-refractivity contribution in [2.24, 2.45) is 0 Å². The SMILES string of the molecule is O=C(NO)C(CS(=O)(=O)N1CCN(c2ccc(F)cc2)CC1)c1ccccc1. The van der Waals surface area contributed by atoms with Crippen molar-refractivity contribution in [2.75, 3.05) is 36.8 Å². The molecule has 2 aromatic carbocycles. The fourth-order valence-corrected chi connectivity index (χ4v) is 4.97. The molecular weight excluding hydrogens is 385 g/mol. The van der Waals surface area contributed by atoms with Gasteiger partial charge in [0.15, 0.2) is 0 Å². The van der Waals surface area contributed by atoms with Crippen LogP contribution in [-0.4, -0.2) is 55.8 Å². The van der Waals surface area contributed by atoms with Gasteiger partial charge in [-0.1, -0.05) is 30.3 Å². The number of sulfonamides is 1. The molecule has 0 saturated carbocycles. The van der Waals surface area contributed by atoms with E-state index in [0.29, 0.717) is 18.7 Å². The zero-order chi connectivity index (χ0) is 20.1. The van der Waals surface area contributed by atoms with Crippen molar-refractivity contribution in [3.63, 3.8) is 0 Å². The van der Waals surface area contributed by atoms with Gasteiger partial charge in [0.25, 0.3) is 5.91 Å². The normalized spacial score (nSPS) is 16.6. The van der Waals surface area contributed by atoms with E-state index < -0.39 is 27.6 Å². The van der Waals surface area contributed by atoms with Crippen LogP contribution in [0.25, 0.3) is 0 Å². The summed E-state index contributed by atoms with van der Waals surface area (Å²) in [5.74, 6) is -2.52. The molecule has 1 unspecified atom stereocenters. The predicted octanol–water partition coefficient (Wildman–Crippen LogP) is 1.57. The van der Waals surface area contributed by atoms with Gasteiger partial charge in [0.1, 0.15) is 5.82 Å². The number of carbonyl (C=O) groups excluding carboxylic acids is 1. The maximum absolute atomic E-state index is 13.1. The number of hydrogen-bond acceptors (Lipinski definition) is 5. The molecule has 7 nitrogen and oxygen atoms in total. The lowest BCUT2D eigenvalue weighted by Crippen LogP contribution is -2.50. The number of nitrogens with one attached hydrogen (secondary N) is 1. The van der Waals surface area contributed by atoms with Gasteiger partial charge in [-0.2, -0.15) is 4.31 Å². The third-order valence-electron chi connectivity index (χ3n) is 4.83. The van der Waals surface area contributed by atoms with Gasteiger partial charge in [-0.3, -0.25) is 10.0 Å². The molecule has 2 N–H and O–H groups in total. The molecule has 2 aromatic rings. The van der Waals surface area contributed by atoms with Crippen molar-refractivity contribution < 1.29 is 22.8 Å². The summed E-state index contributed by atoms with van der Waals surface area (Å²) >= 11 is 0. The Morgan fingerprint density at radius 3 is 2.21 bits per heavy atom. The molecule has 1 heterocycles. The van der Waals surface area contributed by atoms with Crippen LogP contribution in [0.3, 0.4) is 0 Å². The minimum absolute atomic E-state index is 0.266. The average Bonchev–Trinajstić information content (AvgIpc) is 2.73. The van der Waals surface area contributed by atoms with E-state index in [0.717, 1.165) is 5.69 Å². The van der Waals surface area contributed by atoms with Gasteiger partial charge < -0.3 is 4.90 Å². The van der Waals surface area contributed by atoms with Gasteiger partial charge in [-0.25, -0.2) is 18.3 Å². The van der Waals surface area contributed by atoms with Gasteiger partial charge in [0.2, 0.25) is 10.0 Å². The maximum atomic E-state index is 13.1. The summed E-state index contributed by atoms with van der Waals surface area (Å²) in [4.78, 5) is 14.0. The summed E-state index contributed by atoms with van der Waals surface area (Å²) < 4.78 is 40.2. The summed E-state index contributed by atoms with van der Waals surface area (Å²) in [7, 11) is -3.72. The summed E-state index contributed by atoms with van der Waals surface area (Å²) in [6.07, 6.45) is 0. The molecule has 28 heavy (non-hydrogen) atoms. The number of carbonyl (C=O) groups is 1. The highest BCUT2D eigenvalue weighted by Gasteiger charge is 2.33. The van der Waals surface area contributed by atoms with Crippen LogP contribution < -0.4 is 10.4 Å². The van der Waals surface area contributed by atoms with Crippen molar-refractivity contribution >= 4 is 21.6 Å². The maximum Gasteiger partial charge on any atom is 0.251 e. The third kappa shape index (κ3) is 4.67. The lowest BCUT2D eigenvalue weighted by atomic mass is 10.0. The fourth-order valence-electron chi connectivity index (χ4n) is 3.28. The second kappa shape index (κ2) is 8.68. The number of hydroxylamine groups is 1. The van der Waals surface area contributed by atoms with Crippen LogP contribution in [0.15, 0.2) is 54.6 Å². The summed E-state index contributed by atoms with van der Waals surface area (Å²) in [5.41, 5.74) is 2.91. The topological polar surface area (TPSA) is 89.9 Å². The van der Waals surface area contributed by atoms with Gasteiger partial charge in [0.05, 0.1) is 11.7 Å². The summed E-state index contributed by atoms with van der Waals surface area (Å²) in [6.45, 7) is 1.46. The van der Waals surface area contributed by atoms with Crippen LogP contribution >= 0.6 is 0 Å². The van der Waals surface area contributed by atoms with Crippen molar-refractivity contribution in [1.82, 2.24) is 9.79 Å². The van der Waals surface area contributed by atoms with E-state index in [1.165, 1.54) is 16.4 Å². The second-order valence-corrected chi connectivity index (χ2v) is 8.59. The van der Waals surface area contributed by atoms with E-state index in [1.807, 2.05) is 4.90 Å². The molecule has 9 heteroatoms. The quantitative estimate of drug-likeness (QED) is 0.560. The van der Waals surface area contributed by atoms with Crippen LogP contribution in [0.1, 0.15) is 11.5 Å². The fraction of sp³-hybridized carbons (Fsp3) is 0.316. The lowest BCUT2D eigenvalue weighted by Gasteiger charge is -2.35. The Labute approximate surface area is 163 Å².